The van der Waals surface area contributed by atoms with E-state index in [9.17, 15) is 9.59 Å². The van der Waals surface area contributed by atoms with Gasteiger partial charge < -0.3 is 16.0 Å². The summed E-state index contributed by atoms with van der Waals surface area (Å²) in [5.41, 5.74) is -0.286. The summed E-state index contributed by atoms with van der Waals surface area (Å²) in [6.45, 7) is 6.77. The Balaban J connectivity index is 1.84. The Morgan fingerprint density at radius 2 is 2.14 bits per heavy atom. The highest BCUT2D eigenvalue weighted by molar-refractivity contribution is 7.14. The Morgan fingerprint density at radius 3 is 2.76 bits per heavy atom. The molecule has 0 aliphatic carbocycles. The van der Waals surface area contributed by atoms with Crippen molar-refractivity contribution in [3.8, 4) is 0 Å². The number of carbonyl (C=O) groups excluding carboxylic acids is 2. The van der Waals surface area contributed by atoms with Gasteiger partial charge in [-0.15, -0.1) is 11.3 Å². The molecule has 2 rings (SSSR count). The second-order valence-electron chi connectivity index (χ2n) is 6.33. The van der Waals surface area contributed by atoms with Gasteiger partial charge in [0.15, 0.2) is 0 Å². The lowest BCUT2D eigenvalue weighted by atomic mass is 10.1. The van der Waals surface area contributed by atoms with Crippen LogP contribution in [0.3, 0.4) is 0 Å². The topological polar surface area (TPSA) is 70.2 Å². The first-order valence-electron chi connectivity index (χ1n) is 7.27. The molecule has 0 aromatic carbocycles. The summed E-state index contributed by atoms with van der Waals surface area (Å²) in [5, 5.41) is 8.90. The number of nitrogens with one attached hydrogen (secondary N) is 3. The number of hydrogen-bond acceptors (Lipinski definition) is 4. The maximum atomic E-state index is 12.0. The maximum absolute atomic E-state index is 12.0. The largest absolute Gasteiger partial charge is 0.350 e. The van der Waals surface area contributed by atoms with Crippen molar-refractivity contribution in [1.29, 1.82) is 0 Å². The van der Waals surface area contributed by atoms with Crippen LogP contribution >= 0.6 is 11.3 Å². The third-order valence-corrected chi connectivity index (χ3v) is 4.38. The molecule has 1 aliphatic rings. The van der Waals surface area contributed by atoms with Crippen molar-refractivity contribution in [2.24, 2.45) is 0 Å². The van der Waals surface area contributed by atoms with Crippen molar-refractivity contribution in [3.05, 3.63) is 21.9 Å². The fourth-order valence-corrected chi connectivity index (χ4v) is 3.33. The van der Waals surface area contributed by atoms with Gasteiger partial charge in [0.05, 0.1) is 11.4 Å². The Labute approximate surface area is 129 Å². The van der Waals surface area contributed by atoms with Crippen molar-refractivity contribution in [1.82, 2.24) is 16.0 Å². The molecule has 1 saturated heterocycles. The summed E-state index contributed by atoms with van der Waals surface area (Å²) in [5.74, 6) is -0.363. The van der Waals surface area contributed by atoms with E-state index < -0.39 is 0 Å². The van der Waals surface area contributed by atoms with Crippen molar-refractivity contribution >= 4 is 23.2 Å². The van der Waals surface area contributed by atoms with Gasteiger partial charge in [0, 0.05) is 16.5 Å². The summed E-state index contributed by atoms with van der Waals surface area (Å²) < 4.78 is 0. The van der Waals surface area contributed by atoms with E-state index in [1.807, 2.05) is 32.9 Å². The van der Waals surface area contributed by atoms with Crippen LogP contribution in [-0.2, 0) is 4.79 Å². The molecule has 0 unspecified atom stereocenters. The lowest BCUT2D eigenvalue weighted by molar-refractivity contribution is -0.121. The molecule has 5 nitrogen and oxygen atoms in total. The van der Waals surface area contributed by atoms with Crippen LogP contribution in [0, 0.1) is 0 Å². The zero-order valence-corrected chi connectivity index (χ0v) is 13.6. The van der Waals surface area contributed by atoms with E-state index in [2.05, 4.69) is 16.0 Å². The predicted molar refractivity (Wildman–Crippen MR) is 84.5 cm³/mol. The summed E-state index contributed by atoms with van der Waals surface area (Å²) >= 11 is 1.50. The average molecular weight is 309 g/mol. The van der Waals surface area contributed by atoms with Gasteiger partial charge in [0.2, 0.25) is 5.91 Å². The van der Waals surface area contributed by atoms with Crippen LogP contribution in [0.1, 0.15) is 54.2 Å². The van der Waals surface area contributed by atoms with Crippen LogP contribution in [0.2, 0.25) is 0 Å². The molecule has 3 N–H and O–H groups in total. The second-order valence-corrected chi connectivity index (χ2v) is 7.45. The van der Waals surface area contributed by atoms with E-state index in [1.165, 1.54) is 22.6 Å². The highest BCUT2D eigenvalue weighted by Gasteiger charge is 2.20. The molecule has 0 spiro atoms. The Hall–Kier alpha value is -1.40. The number of amides is 2. The molecule has 116 valence electrons. The summed E-state index contributed by atoms with van der Waals surface area (Å²) in [4.78, 5) is 25.6. The van der Waals surface area contributed by atoms with Crippen LogP contribution in [0.5, 0.6) is 0 Å². The minimum absolute atomic E-state index is 0.00498. The van der Waals surface area contributed by atoms with Gasteiger partial charge in [-0.3, -0.25) is 9.59 Å². The zero-order valence-electron chi connectivity index (χ0n) is 12.8. The van der Waals surface area contributed by atoms with Crippen LogP contribution in [0.15, 0.2) is 12.1 Å². The average Bonchev–Trinajstić information content (AvgIpc) is 3.03. The SMILES string of the molecule is CC(C)(C)NC(=O)CNC(=O)c1ccc([C@@H]2CCCN2)s1. The quantitative estimate of drug-likeness (QED) is 0.794. The van der Waals surface area contributed by atoms with Gasteiger partial charge in [0.1, 0.15) is 0 Å². The normalized spacial score (nSPS) is 18.5. The molecular formula is C15H23N3O2S. The number of rotatable bonds is 4. The molecular weight excluding hydrogens is 286 g/mol. The van der Waals surface area contributed by atoms with Crippen molar-refractivity contribution in [3.63, 3.8) is 0 Å². The van der Waals surface area contributed by atoms with E-state index in [1.54, 1.807) is 0 Å². The molecule has 0 bridgehead atoms. The van der Waals surface area contributed by atoms with Crippen LogP contribution in [0.4, 0.5) is 0 Å². The van der Waals surface area contributed by atoms with E-state index in [0.29, 0.717) is 10.9 Å². The molecule has 0 radical (unpaired) electrons. The van der Waals surface area contributed by atoms with Crippen molar-refractivity contribution in [2.75, 3.05) is 13.1 Å². The monoisotopic (exact) mass is 309 g/mol. The molecule has 2 amide bonds. The highest BCUT2D eigenvalue weighted by atomic mass is 32.1. The molecule has 1 aromatic heterocycles. The van der Waals surface area contributed by atoms with Crippen molar-refractivity contribution < 1.29 is 9.59 Å². The third-order valence-electron chi connectivity index (χ3n) is 3.18. The highest BCUT2D eigenvalue weighted by Crippen LogP contribution is 2.29. The molecule has 6 heteroatoms. The summed E-state index contributed by atoms with van der Waals surface area (Å²) in [6.07, 6.45) is 2.30. The Kier molecular flexibility index (Phi) is 5.00. The molecule has 1 aliphatic heterocycles. The molecule has 1 atom stereocenters. The first-order chi connectivity index (χ1) is 9.85. The maximum Gasteiger partial charge on any atom is 0.261 e. The van der Waals surface area contributed by atoms with Gasteiger partial charge in [-0.25, -0.2) is 0 Å². The van der Waals surface area contributed by atoms with Crippen LogP contribution in [-0.4, -0.2) is 30.4 Å². The lowest BCUT2D eigenvalue weighted by Crippen LogP contribution is -2.45. The van der Waals surface area contributed by atoms with Crippen LogP contribution < -0.4 is 16.0 Å². The first kappa shape index (κ1) is 16.0. The first-order valence-corrected chi connectivity index (χ1v) is 8.09. The van der Waals surface area contributed by atoms with Crippen LogP contribution in [0.25, 0.3) is 0 Å². The van der Waals surface area contributed by atoms with Crippen molar-refractivity contribution in [2.45, 2.75) is 45.2 Å². The van der Waals surface area contributed by atoms with Gasteiger partial charge in [0.25, 0.3) is 5.91 Å². The van der Waals surface area contributed by atoms with Gasteiger partial charge >= 0.3 is 0 Å². The van der Waals surface area contributed by atoms with E-state index in [4.69, 9.17) is 0 Å². The fourth-order valence-electron chi connectivity index (χ4n) is 2.30. The van der Waals surface area contributed by atoms with Gasteiger partial charge in [-0.1, -0.05) is 0 Å². The number of thiophene rings is 1. The number of carbonyl (C=O) groups is 2. The molecule has 0 saturated carbocycles. The van der Waals surface area contributed by atoms with E-state index in [0.717, 1.165) is 13.0 Å². The summed E-state index contributed by atoms with van der Waals surface area (Å²) in [6, 6.07) is 4.20. The third kappa shape index (κ3) is 4.82. The number of hydrogen-bond donors (Lipinski definition) is 3. The van der Waals surface area contributed by atoms with Gasteiger partial charge in [-0.05, 0) is 52.3 Å². The molecule has 21 heavy (non-hydrogen) atoms. The standard InChI is InChI=1S/C15H23N3O2S/c1-15(2,3)18-13(19)9-17-14(20)12-7-6-11(21-12)10-5-4-8-16-10/h6-7,10,16H,4-5,8-9H2,1-3H3,(H,17,20)(H,18,19)/t10-/m0/s1. The second kappa shape index (κ2) is 6.58. The fraction of sp³-hybridized carbons (Fsp3) is 0.600. The smallest absolute Gasteiger partial charge is 0.261 e. The molecule has 1 fully saturated rings. The predicted octanol–water partition coefficient (Wildman–Crippen LogP) is 1.82. The molecule has 1 aromatic rings. The minimum atomic E-state index is -0.286. The Bertz CT molecular complexity index is 513. The molecule has 2 heterocycles. The van der Waals surface area contributed by atoms with Gasteiger partial charge in [-0.2, -0.15) is 0 Å². The zero-order chi connectivity index (χ0) is 15.5. The Morgan fingerprint density at radius 1 is 1.38 bits per heavy atom. The van der Waals surface area contributed by atoms with E-state index >= 15 is 0 Å². The minimum Gasteiger partial charge on any atom is -0.350 e. The van der Waals surface area contributed by atoms with E-state index in [-0.39, 0.29) is 23.9 Å². The lowest BCUT2D eigenvalue weighted by Gasteiger charge is -2.20. The summed E-state index contributed by atoms with van der Waals surface area (Å²) in [7, 11) is 0.